The van der Waals surface area contributed by atoms with Gasteiger partial charge in [0, 0.05) is 32.7 Å². The minimum Gasteiger partial charge on any atom is -0.381 e. The second-order valence-electron chi connectivity index (χ2n) is 5.76. The Hall–Kier alpha value is -1.63. The first-order valence-corrected chi connectivity index (χ1v) is 6.82. The predicted octanol–water partition coefficient (Wildman–Crippen LogP) is 0.294. The summed E-state index contributed by atoms with van der Waals surface area (Å²) in [5, 5.41) is 14.6. The van der Waals surface area contributed by atoms with Gasteiger partial charge >= 0.3 is 0 Å². The van der Waals surface area contributed by atoms with Crippen LogP contribution in [0.25, 0.3) is 0 Å². The Morgan fingerprint density at radius 2 is 2.35 bits per heavy atom. The monoisotopic (exact) mass is 280 g/mol. The molecular weight excluding hydrogens is 256 g/mol. The normalized spacial score (nSPS) is 25.1. The van der Waals surface area contributed by atoms with E-state index >= 15 is 0 Å². The van der Waals surface area contributed by atoms with E-state index < -0.39 is 0 Å². The van der Waals surface area contributed by atoms with Crippen LogP contribution in [0, 0.1) is 5.41 Å². The highest BCUT2D eigenvalue weighted by Gasteiger charge is 2.48. The number of hydrogen-bond donors (Lipinski definition) is 2. The number of methoxy groups -OCH3 is 1. The first kappa shape index (κ1) is 14.8. The zero-order valence-electron chi connectivity index (χ0n) is 12.8. The van der Waals surface area contributed by atoms with Crippen molar-refractivity contribution >= 4 is 5.96 Å². The quantitative estimate of drug-likeness (QED) is 0.612. The number of ether oxygens (including phenoxy) is 1. The van der Waals surface area contributed by atoms with Gasteiger partial charge in [-0.05, 0) is 6.42 Å². The van der Waals surface area contributed by atoms with Gasteiger partial charge in [-0.15, -0.1) is 10.2 Å². The van der Waals surface area contributed by atoms with Gasteiger partial charge in [-0.25, -0.2) is 0 Å². The summed E-state index contributed by atoms with van der Waals surface area (Å²) in [6, 6.07) is 0.359. The highest BCUT2D eigenvalue weighted by molar-refractivity contribution is 5.80. The molecule has 1 aromatic rings. The molecule has 1 aliphatic rings. The number of nitrogens with one attached hydrogen (secondary N) is 2. The molecule has 2 atom stereocenters. The maximum Gasteiger partial charge on any atom is 0.191 e. The summed E-state index contributed by atoms with van der Waals surface area (Å²) in [5.74, 6) is 1.65. The second kappa shape index (κ2) is 5.78. The molecule has 7 nitrogen and oxygen atoms in total. The third kappa shape index (κ3) is 2.77. The van der Waals surface area contributed by atoms with E-state index in [2.05, 4.69) is 39.7 Å². The molecule has 0 bridgehead atoms. The number of aromatic nitrogens is 3. The SMILES string of the molecule is CN=C(NCc1nncn1C)NC1CC(OC)C1(C)C. The van der Waals surface area contributed by atoms with Gasteiger partial charge in [-0.2, -0.15) is 0 Å². The van der Waals surface area contributed by atoms with E-state index in [0.29, 0.717) is 18.7 Å². The average Bonchev–Trinajstić information content (AvgIpc) is 2.83. The smallest absolute Gasteiger partial charge is 0.191 e. The molecular formula is C13H24N6O. The number of nitrogens with zero attached hydrogens (tertiary/aromatic N) is 4. The lowest BCUT2D eigenvalue weighted by Gasteiger charge is -2.51. The van der Waals surface area contributed by atoms with E-state index in [-0.39, 0.29) is 5.41 Å². The summed E-state index contributed by atoms with van der Waals surface area (Å²) in [6.07, 6.45) is 2.98. The van der Waals surface area contributed by atoms with Crippen LogP contribution in [0.3, 0.4) is 0 Å². The molecule has 0 amide bonds. The maximum absolute atomic E-state index is 5.46. The number of aryl methyl sites for hydroxylation is 1. The van der Waals surface area contributed by atoms with Crippen LogP contribution in [-0.2, 0) is 18.3 Å². The fourth-order valence-electron chi connectivity index (χ4n) is 2.52. The molecule has 2 unspecified atom stereocenters. The Morgan fingerprint density at radius 3 is 2.85 bits per heavy atom. The van der Waals surface area contributed by atoms with E-state index in [1.807, 2.05) is 11.6 Å². The molecule has 2 rings (SSSR count). The predicted molar refractivity (Wildman–Crippen MR) is 77.3 cm³/mol. The van der Waals surface area contributed by atoms with Crippen LogP contribution in [-0.4, -0.2) is 47.0 Å². The molecule has 1 fully saturated rings. The van der Waals surface area contributed by atoms with Gasteiger partial charge in [-0.3, -0.25) is 4.99 Å². The minimum absolute atomic E-state index is 0.108. The zero-order valence-corrected chi connectivity index (χ0v) is 12.8. The number of rotatable bonds is 4. The molecule has 0 radical (unpaired) electrons. The van der Waals surface area contributed by atoms with Gasteiger partial charge in [0.1, 0.15) is 6.33 Å². The van der Waals surface area contributed by atoms with Gasteiger partial charge < -0.3 is 19.9 Å². The Morgan fingerprint density at radius 1 is 1.60 bits per heavy atom. The van der Waals surface area contributed by atoms with Crippen LogP contribution >= 0.6 is 0 Å². The lowest BCUT2D eigenvalue weighted by Crippen LogP contribution is -2.63. The largest absolute Gasteiger partial charge is 0.381 e. The topological polar surface area (TPSA) is 76.4 Å². The molecule has 0 aromatic carbocycles. The Kier molecular flexibility index (Phi) is 4.27. The molecule has 1 aromatic heterocycles. The van der Waals surface area contributed by atoms with Crippen LogP contribution in [0.15, 0.2) is 11.3 Å². The van der Waals surface area contributed by atoms with Crippen LogP contribution in [0.4, 0.5) is 0 Å². The van der Waals surface area contributed by atoms with Crippen molar-refractivity contribution in [1.29, 1.82) is 0 Å². The van der Waals surface area contributed by atoms with Crippen LogP contribution < -0.4 is 10.6 Å². The van der Waals surface area contributed by atoms with Crippen molar-refractivity contribution in [2.75, 3.05) is 14.2 Å². The fraction of sp³-hybridized carbons (Fsp3) is 0.769. The maximum atomic E-state index is 5.46. The number of hydrogen-bond acceptors (Lipinski definition) is 4. The molecule has 1 aliphatic carbocycles. The highest BCUT2D eigenvalue weighted by Crippen LogP contribution is 2.42. The standard InChI is InChI=1S/C13H24N6O/c1-13(2)9(6-10(13)20-5)17-12(14-3)15-7-11-18-16-8-19(11)4/h8-10H,6-7H2,1-5H3,(H2,14,15,17). The second-order valence-corrected chi connectivity index (χ2v) is 5.76. The van der Waals surface area contributed by atoms with Crippen LogP contribution in [0.1, 0.15) is 26.1 Å². The summed E-state index contributed by atoms with van der Waals surface area (Å²) in [4.78, 5) is 4.25. The summed E-state index contributed by atoms with van der Waals surface area (Å²) in [7, 11) is 5.46. The molecule has 7 heteroatoms. The van der Waals surface area contributed by atoms with Gasteiger partial charge in [0.05, 0.1) is 12.6 Å². The Balaban J connectivity index is 1.87. The van der Waals surface area contributed by atoms with Gasteiger partial charge in [-0.1, -0.05) is 13.8 Å². The van der Waals surface area contributed by atoms with Crippen molar-refractivity contribution in [2.45, 2.75) is 39.0 Å². The van der Waals surface area contributed by atoms with Crippen molar-refractivity contribution in [3.8, 4) is 0 Å². The molecule has 1 heterocycles. The van der Waals surface area contributed by atoms with Crippen LogP contribution in [0.5, 0.6) is 0 Å². The van der Waals surface area contributed by atoms with Gasteiger partial charge in [0.25, 0.3) is 0 Å². The van der Waals surface area contributed by atoms with E-state index in [4.69, 9.17) is 4.74 Å². The molecule has 20 heavy (non-hydrogen) atoms. The first-order valence-electron chi connectivity index (χ1n) is 6.82. The lowest BCUT2D eigenvalue weighted by molar-refractivity contribution is -0.0922. The lowest BCUT2D eigenvalue weighted by atomic mass is 9.64. The summed E-state index contributed by atoms with van der Waals surface area (Å²) < 4.78 is 7.34. The molecule has 0 spiro atoms. The number of guanidine groups is 1. The molecule has 2 N–H and O–H groups in total. The summed E-state index contributed by atoms with van der Waals surface area (Å²) in [6.45, 7) is 5.01. The van der Waals surface area contributed by atoms with Crippen molar-refractivity contribution < 1.29 is 4.74 Å². The van der Waals surface area contributed by atoms with Gasteiger partial charge in [0.15, 0.2) is 11.8 Å². The summed E-state index contributed by atoms with van der Waals surface area (Å²) >= 11 is 0. The minimum atomic E-state index is 0.108. The van der Waals surface area contributed by atoms with Crippen molar-refractivity contribution in [3.63, 3.8) is 0 Å². The van der Waals surface area contributed by atoms with E-state index in [0.717, 1.165) is 18.2 Å². The zero-order chi connectivity index (χ0) is 14.8. The Labute approximate surface area is 119 Å². The molecule has 0 saturated heterocycles. The van der Waals surface area contributed by atoms with Crippen molar-refractivity contribution in [1.82, 2.24) is 25.4 Å². The van der Waals surface area contributed by atoms with E-state index in [1.54, 1.807) is 20.5 Å². The van der Waals surface area contributed by atoms with Crippen LogP contribution in [0.2, 0.25) is 0 Å². The number of aliphatic imine (C=N–C) groups is 1. The van der Waals surface area contributed by atoms with E-state index in [1.165, 1.54) is 0 Å². The highest BCUT2D eigenvalue weighted by atomic mass is 16.5. The molecule has 1 saturated carbocycles. The summed E-state index contributed by atoms with van der Waals surface area (Å²) in [5.41, 5.74) is 0.108. The van der Waals surface area contributed by atoms with Gasteiger partial charge in [0.2, 0.25) is 0 Å². The fourth-order valence-corrected chi connectivity index (χ4v) is 2.52. The first-order chi connectivity index (χ1) is 9.48. The van der Waals surface area contributed by atoms with E-state index in [9.17, 15) is 0 Å². The Bertz CT molecular complexity index is 481. The van der Waals surface area contributed by atoms with Crippen molar-refractivity contribution in [3.05, 3.63) is 12.2 Å². The molecule has 0 aliphatic heterocycles. The molecule has 112 valence electrons. The third-order valence-electron chi connectivity index (χ3n) is 4.22. The average molecular weight is 280 g/mol. The van der Waals surface area contributed by atoms with Crippen molar-refractivity contribution in [2.24, 2.45) is 17.5 Å². The third-order valence-corrected chi connectivity index (χ3v) is 4.22.